The average molecular weight is 244 g/mol. The van der Waals surface area contributed by atoms with E-state index in [1.54, 1.807) is 0 Å². The molecule has 2 heterocycles. The van der Waals surface area contributed by atoms with Crippen molar-refractivity contribution in [3.8, 4) is 0 Å². The van der Waals surface area contributed by atoms with Crippen LogP contribution in [0.25, 0.3) is 0 Å². The zero-order valence-electron chi connectivity index (χ0n) is 8.91. The van der Waals surface area contributed by atoms with Crippen LogP contribution in [0.3, 0.4) is 0 Å². The fraction of sp³-hybridized carbons (Fsp3) is 0.500. The molecule has 0 bridgehead atoms. The largest absolute Gasteiger partial charge is 0.396 e. The lowest BCUT2D eigenvalue weighted by Gasteiger charge is -2.15. The van der Waals surface area contributed by atoms with E-state index in [4.69, 9.17) is 15.6 Å². The molecule has 0 saturated carbocycles. The van der Waals surface area contributed by atoms with Crippen molar-refractivity contribution >= 4 is 5.69 Å². The Morgan fingerprint density at radius 2 is 2.35 bits per heavy atom. The van der Waals surface area contributed by atoms with E-state index in [1.807, 2.05) is 0 Å². The fourth-order valence-electron chi connectivity index (χ4n) is 1.82. The molecule has 1 aliphatic rings. The highest BCUT2D eigenvalue weighted by Gasteiger charge is 2.35. The number of hydrogen-bond acceptors (Lipinski definition) is 5. The normalized spacial score (nSPS) is 28.5. The summed E-state index contributed by atoms with van der Waals surface area (Å²) in [6.45, 7) is -0.357. The summed E-state index contributed by atoms with van der Waals surface area (Å²) >= 11 is 0. The maximum Gasteiger partial charge on any atom is 0.290 e. The van der Waals surface area contributed by atoms with Crippen LogP contribution in [0.2, 0.25) is 0 Å². The number of aromatic nitrogens is 1. The number of nitrogens with zero attached hydrogens (tertiary/aromatic N) is 1. The van der Waals surface area contributed by atoms with Crippen LogP contribution >= 0.6 is 0 Å². The molecular formula is C10H13FN2O4. The van der Waals surface area contributed by atoms with Crippen molar-refractivity contribution in [1.29, 1.82) is 0 Å². The molecule has 1 aromatic rings. The average Bonchev–Trinajstić information content (AvgIpc) is 2.67. The molecular weight excluding hydrogens is 231 g/mol. The second-order valence-corrected chi connectivity index (χ2v) is 3.91. The van der Waals surface area contributed by atoms with Gasteiger partial charge < -0.3 is 20.7 Å². The van der Waals surface area contributed by atoms with E-state index in [0.717, 1.165) is 4.57 Å². The molecule has 0 spiro atoms. The van der Waals surface area contributed by atoms with Gasteiger partial charge in [-0.1, -0.05) is 0 Å². The monoisotopic (exact) mass is 244 g/mol. The molecule has 1 aromatic heterocycles. The number of nitrogen functional groups attached to an aromatic ring is 1. The van der Waals surface area contributed by atoms with Crippen LogP contribution in [0, 0.1) is 5.82 Å². The summed E-state index contributed by atoms with van der Waals surface area (Å²) in [6, 6.07) is 1.25. The minimum Gasteiger partial charge on any atom is -0.396 e. The van der Waals surface area contributed by atoms with E-state index in [-0.39, 0.29) is 18.7 Å². The number of pyridine rings is 1. The number of nitrogens with two attached hydrogens (primary N) is 1. The van der Waals surface area contributed by atoms with Gasteiger partial charge in [-0.3, -0.25) is 9.36 Å². The molecule has 0 radical (unpaired) electrons. The molecule has 7 heteroatoms. The van der Waals surface area contributed by atoms with Crippen LogP contribution in [-0.4, -0.2) is 33.6 Å². The zero-order valence-corrected chi connectivity index (χ0v) is 8.91. The van der Waals surface area contributed by atoms with E-state index < -0.39 is 29.8 Å². The van der Waals surface area contributed by atoms with Crippen molar-refractivity contribution in [2.45, 2.75) is 24.9 Å². The zero-order chi connectivity index (χ0) is 12.6. The third kappa shape index (κ3) is 2.04. The van der Waals surface area contributed by atoms with Crippen LogP contribution < -0.4 is 11.3 Å². The van der Waals surface area contributed by atoms with E-state index >= 15 is 0 Å². The van der Waals surface area contributed by atoms with Crippen molar-refractivity contribution in [2.24, 2.45) is 0 Å². The van der Waals surface area contributed by atoms with Crippen molar-refractivity contribution in [3.05, 3.63) is 28.4 Å². The third-order valence-corrected chi connectivity index (χ3v) is 2.78. The highest BCUT2D eigenvalue weighted by Crippen LogP contribution is 2.27. The second-order valence-electron chi connectivity index (χ2n) is 3.91. The van der Waals surface area contributed by atoms with Gasteiger partial charge in [-0.15, -0.1) is 0 Å². The Labute approximate surface area is 96.0 Å². The van der Waals surface area contributed by atoms with Gasteiger partial charge in [0.2, 0.25) is 5.82 Å². The first-order chi connectivity index (χ1) is 8.04. The summed E-state index contributed by atoms with van der Waals surface area (Å²) in [5.41, 5.74) is 4.12. The lowest BCUT2D eigenvalue weighted by atomic mass is 10.2. The number of halogens is 1. The summed E-state index contributed by atoms with van der Waals surface area (Å²) in [5, 5.41) is 18.4. The van der Waals surface area contributed by atoms with Crippen LogP contribution in [0.5, 0.6) is 0 Å². The SMILES string of the molecule is Nc1ccn(C2CC(O)C(CO)O2)c(=O)c1F. The molecule has 1 aliphatic heterocycles. The molecule has 3 atom stereocenters. The first-order valence-electron chi connectivity index (χ1n) is 5.15. The smallest absolute Gasteiger partial charge is 0.290 e. The van der Waals surface area contributed by atoms with E-state index in [1.165, 1.54) is 12.3 Å². The standard InChI is InChI=1S/C10H13FN2O4/c11-9-5(12)1-2-13(10(9)16)8-3-6(15)7(4-14)17-8/h1-2,6-8,14-15H,3-4,12H2. The van der Waals surface area contributed by atoms with Gasteiger partial charge in [0.05, 0.1) is 18.4 Å². The Kier molecular flexibility index (Phi) is 3.14. The molecule has 1 saturated heterocycles. The Balaban J connectivity index is 2.31. The Bertz CT molecular complexity index is 476. The minimum absolute atomic E-state index is 0.120. The highest BCUT2D eigenvalue weighted by molar-refractivity contribution is 5.36. The lowest BCUT2D eigenvalue weighted by molar-refractivity contribution is -0.0457. The molecule has 4 N–H and O–H groups in total. The topological polar surface area (TPSA) is 97.7 Å². The third-order valence-electron chi connectivity index (χ3n) is 2.78. The molecule has 0 aromatic carbocycles. The van der Waals surface area contributed by atoms with Crippen molar-refractivity contribution in [1.82, 2.24) is 4.57 Å². The molecule has 94 valence electrons. The maximum absolute atomic E-state index is 13.3. The Morgan fingerprint density at radius 3 is 2.94 bits per heavy atom. The fourth-order valence-corrected chi connectivity index (χ4v) is 1.82. The Hall–Kier alpha value is -1.44. The molecule has 6 nitrogen and oxygen atoms in total. The minimum atomic E-state index is -1.04. The van der Waals surface area contributed by atoms with Crippen molar-refractivity contribution < 1.29 is 19.3 Å². The van der Waals surface area contributed by atoms with Crippen molar-refractivity contribution in [3.63, 3.8) is 0 Å². The summed E-state index contributed by atoms with van der Waals surface area (Å²) in [6.07, 6.45) is -0.999. The number of aliphatic hydroxyl groups is 2. The number of ether oxygens (including phenoxy) is 1. The van der Waals surface area contributed by atoms with Crippen molar-refractivity contribution in [2.75, 3.05) is 12.3 Å². The van der Waals surface area contributed by atoms with E-state index in [0.29, 0.717) is 0 Å². The maximum atomic E-state index is 13.3. The van der Waals surface area contributed by atoms with Crippen LogP contribution in [0.1, 0.15) is 12.6 Å². The van der Waals surface area contributed by atoms with Gasteiger partial charge in [-0.05, 0) is 6.07 Å². The summed E-state index contributed by atoms with van der Waals surface area (Å²) in [4.78, 5) is 11.6. The van der Waals surface area contributed by atoms with Gasteiger partial charge >= 0.3 is 0 Å². The second kappa shape index (κ2) is 4.44. The van der Waals surface area contributed by atoms with Gasteiger partial charge in [0, 0.05) is 12.6 Å². The summed E-state index contributed by atoms with van der Waals surface area (Å²) < 4.78 is 19.6. The quantitative estimate of drug-likeness (QED) is 0.633. The molecule has 1 fully saturated rings. The number of hydrogen-bond donors (Lipinski definition) is 3. The first-order valence-corrected chi connectivity index (χ1v) is 5.15. The van der Waals surface area contributed by atoms with Gasteiger partial charge in [0.25, 0.3) is 5.56 Å². The Morgan fingerprint density at radius 1 is 1.65 bits per heavy atom. The lowest BCUT2D eigenvalue weighted by Crippen LogP contribution is -2.28. The van der Waals surface area contributed by atoms with Gasteiger partial charge in [-0.2, -0.15) is 4.39 Å². The summed E-state index contributed by atoms with van der Waals surface area (Å²) in [7, 11) is 0. The molecule has 2 rings (SSSR count). The first kappa shape index (κ1) is 12.0. The predicted molar refractivity (Wildman–Crippen MR) is 56.7 cm³/mol. The molecule has 0 amide bonds. The van der Waals surface area contributed by atoms with Crippen LogP contribution in [0.15, 0.2) is 17.1 Å². The van der Waals surface area contributed by atoms with Gasteiger partial charge in [0.1, 0.15) is 12.3 Å². The summed E-state index contributed by atoms with van der Waals surface area (Å²) in [5.74, 6) is -1.04. The van der Waals surface area contributed by atoms with E-state index in [2.05, 4.69) is 0 Å². The van der Waals surface area contributed by atoms with Crippen LogP contribution in [0.4, 0.5) is 10.1 Å². The molecule has 3 unspecified atom stereocenters. The molecule has 17 heavy (non-hydrogen) atoms. The highest BCUT2D eigenvalue weighted by atomic mass is 19.1. The number of aliphatic hydroxyl groups excluding tert-OH is 2. The van der Waals surface area contributed by atoms with E-state index in [9.17, 15) is 14.3 Å². The van der Waals surface area contributed by atoms with Gasteiger partial charge in [-0.25, -0.2) is 0 Å². The van der Waals surface area contributed by atoms with Crippen LogP contribution in [-0.2, 0) is 4.74 Å². The number of rotatable bonds is 2. The van der Waals surface area contributed by atoms with Gasteiger partial charge in [0.15, 0.2) is 0 Å². The molecule has 0 aliphatic carbocycles. The number of anilines is 1. The predicted octanol–water partition coefficient (Wildman–Crippen LogP) is -0.790.